The predicted molar refractivity (Wildman–Crippen MR) is 119 cm³/mol. The SMILES string of the molecule is COC=C(NOCCOc1cccc(CC(=O)O)c1)c1ccc(-c2ccccc2)cc1. The maximum absolute atomic E-state index is 10.8. The first kappa shape index (κ1) is 21.9. The van der Waals surface area contributed by atoms with Crippen LogP contribution in [0.4, 0.5) is 0 Å². The van der Waals surface area contributed by atoms with E-state index in [0.29, 0.717) is 23.6 Å². The van der Waals surface area contributed by atoms with Crippen LogP contribution < -0.4 is 10.2 Å². The van der Waals surface area contributed by atoms with Gasteiger partial charge in [0, 0.05) is 5.56 Å². The van der Waals surface area contributed by atoms with Crippen LogP contribution in [0.15, 0.2) is 85.1 Å². The van der Waals surface area contributed by atoms with Gasteiger partial charge in [0.1, 0.15) is 30.9 Å². The van der Waals surface area contributed by atoms with Crippen LogP contribution >= 0.6 is 0 Å². The van der Waals surface area contributed by atoms with Crippen molar-refractivity contribution in [2.75, 3.05) is 20.3 Å². The van der Waals surface area contributed by atoms with Crippen LogP contribution in [0.25, 0.3) is 16.8 Å². The molecule has 0 aliphatic heterocycles. The summed E-state index contributed by atoms with van der Waals surface area (Å²) in [6.07, 6.45) is 1.54. The Morgan fingerprint density at radius 2 is 1.68 bits per heavy atom. The highest BCUT2D eigenvalue weighted by atomic mass is 16.7. The van der Waals surface area contributed by atoms with Crippen molar-refractivity contribution in [2.45, 2.75) is 6.42 Å². The third kappa shape index (κ3) is 6.90. The smallest absolute Gasteiger partial charge is 0.307 e. The molecular weight excluding hydrogens is 394 g/mol. The molecule has 0 aromatic heterocycles. The number of carboxylic acid groups (broad SMARTS) is 1. The minimum Gasteiger partial charge on any atom is -0.502 e. The van der Waals surface area contributed by atoms with Gasteiger partial charge in [0.2, 0.25) is 0 Å². The number of hydrogen-bond donors (Lipinski definition) is 2. The maximum atomic E-state index is 10.8. The van der Waals surface area contributed by atoms with Gasteiger partial charge >= 0.3 is 5.97 Å². The highest BCUT2D eigenvalue weighted by Gasteiger charge is 2.05. The van der Waals surface area contributed by atoms with Crippen LogP contribution in [0.2, 0.25) is 0 Å². The summed E-state index contributed by atoms with van der Waals surface area (Å²) in [7, 11) is 1.58. The Morgan fingerprint density at radius 3 is 2.39 bits per heavy atom. The van der Waals surface area contributed by atoms with Gasteiger partial charge in [0.25, 0.3) is 0 Å². The summed E-state index contributed by atoms with van der Waals surface area (Å²) < 4.78 is 10.8. The molecule has 0 amide bonds. The third-order valence-corrected chi connectivity index (χ3v) is 4.43. The molecule has 0 atom stereocenters. The van der Waals surface area contributed by atoms with E-state index >= 15 is 0 Å². The van der Waals surface area contributed by atoms with Gasteiger partial charge in [-0.25, -0.2) is 0 Å². The molecule has 0 saturated heterocycles. The molecule has 6 heteroatoms. The van der Waals surface area contributed by atoms with Crippen molar-refractivity contribution >= 4 is 11.7 Å². The first-order valence-electron chi connectivity index (χ1n) is 9.86. The summed E-state index contributed by atoms with van der Waals surface area (Å²) in [5.41, 5.74) is 7.47. The Morgan fingerprint density at radius 1 is 0.935 bits per heavy atom. The van der Waals surface area contributed by atoms with Crippen LogP contribution in [0.5, 0.6) is 5.75 Å². The van der Waals surface area contributed by atoms with Crippen LogP contribution in [0.1, 0.15) is 11.1 Å². The maximum Gasteiger partial charge on any atom is 0.307 e. The summed E-state index contributed by atoms with van der Waals surface area (Å²) in [5.74, 6) is -0.273. The lowest BCUT2D eigenvalue weighted by Crippen LogP contribution is -2.18. The Kier molecular flexibility index (Phi) is 8.08. The van der Waals surface area contributed by atoms with Crippen LogP contribution in [0.3, 0.4) is 0 Å². The van der Waals surface area contributed by atoms with E-state index in [1.165, 1.54) is 0 Å². The van der Waals surface area contributed by atoms with Gasteiger partial charge in [0.05, 0.1) is 13.5 Å². The number of carboxylic acids is 1. The zero-order valence-corrected chi connectivity index (χ0v) is 17.3. The first-order valence-corrected chi connectivity index (χ1v) is 9.86. The van der Waals surface area contributed by atoms with Crippen molar-refractivity contribution in [1.29, 1.82) is 0 Å². The molecule has 0 radical (unpaired) electrons. The van der Waals surface area contributed by atoms with E-state index in [9.17, 15) is 4.79 Å². The first-order chi connectivity index (χ1) is 15.2. The van der Waals surface area contributed by atoms with Gasteiger partial charge in [-0.15, -0.1) is 0 Å². The summed E-state index contributed by atoms with van der Waals surface area (Å²) in [6.45, 7) is 0.586. The Bertz CT molecular complexity index is 1000. The molecule has 31 heavy (non-hydrogen) atoms. The van der Waals surface area contributed by atoms with Gasteiger partial charge in [0.15, 0.2) is 0 Å². The molecule has 0 spiro atoms. The lowest BCUT2D eigenvalue weighted by molar-refractivity contribution is -0.136. The number of benzene rings is 3. The molecule has 0 saturated carbocycles. The molecule has 2 N–H and O–H groups in total. The second kappa shape index (κ2) is 11.4. The molecule has 6 nitrogen and oxygen atoms in total. The van der Waals surface area contributed by atoms with E-state index in [1.807, 2.05) is 42.5 Å². The number of nitrogens with one attached hydrogen (secondary N) is 1. The standard InChI is InChI=1S/C25H25NO5/c1-29-18-24(22-12-10-21(11-13-22)20-7-3-2-4-8-20)26-31-15-14-30-23-9-5-6-19(16-23)17-25(27)28/h2-13,16,18,26H,14-15,17H2,1H3,(H,27,28). The van der Waals surface area contributed by atoms with E-state index in [1.54, 1.807) is 37.6 Å². The lowest BCUT2D eigenvalue weighted by atomic mass is 10.0. The molecule has 0 fully saturated rings. The Hall–Kier alpha value is -3.77. The molecule has 0 aliphatic rings. The zero-order chi connectivity index (χ0) is 21.9. The molecule has 3 aromatic carbocycles. The molecule has 0 heterocycles. The van der Waals surface area contributed by atoms with Gasteiger partial charge in [-0.3, -0.25) is 15.1 Å². The molecule has 3 rings (SSSR count). The second-order valence-corrected chi connectivity index (χ2v) is 6.73. The zero-order valence-electron chi connectivity index (χ0n) is 17.3. The topological polar surface area (TPSA) is 77.0 Å². The van der Waals surface area contributed by atoms with E-state index in [0.717, 1.165) is 16.7 Å². The Labute approximate surface area is 181 Å². The van der Waals surface area contributed by atoms with Crippen LogP contribution in [-0.2, 0) is 20.8 Å². The van der Waals surface area contributed by atoms with Crippen molar-refractivity contribution in [3.05, 3.63) is 96.3 Å². The number of rotatable bonds is 11. The van der Waals surface area contributed by atoms with Crippen molar-refractivity contribution in [3.63, 3.8) is 0 Å². The van der Waals surface area contributed by atoms with Gasteiger partial charge in [-0.1, -0.05) is 66.7 Å². The van der Waals surface area contributed by atoms with E-state index < -0.39 is 5.97 Å². The van der Waals surface area contributed by atoms with Gasteiger partial charge in [-0.05, 0) is 28.8 Å². The van der Waals surface area contributed by atoms with Crippen LogP contribution in [0, 0.1) is 0 Å². The number of hydrogen-bond acceptors (Lipinski definition) is 5. The fourth-order valence-electron chi connectivity index (χ4n) is 2.99. The number of methoxy groups -OCH3 is 1. The second-order valence-electron chi connectivity index (χ2n) is 6.73. The average molecular weight is 419 g/mol. The van der Waals surface area contributed by atoms with Gasteiger partial charge < -0.3 is 14.6 Å². The highest BCUT2D eigenvalue weighted by Crippen LogP contribution is 2.21. The molecule has 0 bridgehead atoms. The minimum atomic E-state index is -0.876. The van der Waals surface area contributed by atoms with Gasteiger partial charge in [-0.2, -0.15) is 0 Å². The minimum absolute atomic E-state index is 0.0382. The Balaban J connectivity index is 1.50. The van der Waals surface area contributed by atoms with Crippen LogP contribution in [-0.4, -0.2) is 31.4 Å². The lowest BCUT2D eigenvalue weighted by Gasteiger charge is -2.13. The quantitative estimate of drug-likeness (QED) is 0.270. The van der Waals surface area contributed by atoms with Crippen molar-refractivity contribution < 1.29 is 24.2 Å². The third-order valence-electron chi connectivity index (χ3n) is 4.43. The van der Waals surface area contributed by atoms with Crippen molar-refractivity contribution in [2.24, 2.45) is 0 Å². The molecule has 0 aliphatic carbocycles. The number of ether oxygens (including phenoxy) is 2. The van der Waals surface area contributed by atoms with Crippen molar-refractivity contribution in [1.82, 2.24) is 5.48 Å². The molecule has 0 unspecified atom stereocenters. The summed E-state index contributed by atoms with van der Waals surface area (Å²) in [5, 5.41) is 8.88. The summed E-state index contributed by atoms with van der Waals surface area (Å²) in [6, 6.07) is 25.3. The fourth-order valence-corrected chi connectivity index (χ4v) is 2.99. The monoisotopic (exact) mass is 419 g/mol. The fraction of sp³-hybridized carbons (Fsp3) is 0.160. The van der Waals surface area contributed by atoms with Crippen molar-refractivity contribution in [3.8, 4) is 16.9 Å². The number of carbonyl (C=O) groups is 1. The van der Waals surface area contributed by atoms with E-state index in [2.05, 4.69) is 17.6 Å². The molecule has 160 valence electrons. The largest absolute Gasteiger partial charge is 0.502 e. The predicted octanol–water partition coefficient (Wildman–Crippen LogP) is 4.53. The number of hydroxylamine groups is 1. The molecular formula is C25H25NO5. The molecule has 3 aromatic rings. The van der Waals surface area contributed by atoms with E-state index in [-0.39, 0.29) is 13.0 Å². The summed E-state index contributed by atoms with van der Waals surface area (Å²) in [4.78, 5) is 16.3. The normalized spacial score (nSPS) is 11.1. The highest BCUT2D eigenvalue weighted by molar-refractivity contribution is 5.70. The summed E-state index contributed by atoms with van der Waals surface area (Å²) >= 11 is 0. The van der Waals surface area contributed by atoms with E-state index in [4.69, 9.17) is 19.4 Å². The number of aliphatic carboxylic acids is 1. The average Bonchev–Trinajstić information content (AvgIpc) is 2.79.